The highest BCUT2D eigenvalue weighted by Crippen LogP contribution is 2.07. The molecular weight excluding hydrogens is 167 g/mol. The Bertz CT molecular complexity index is 314. The van der Waals surface area contributed by atoms with Gasteiger partial charge in [0.1, 0.15) is 5.82 Å². The highest BCUT2D eigenvalue weighted by atomic mass is 19.1. The second-order valence-corrected chi connectivity index (χ2v) is 2.90. The molecule has 0 heterocycles. The SMILES string of the molecule is C#CCC(O)Cc1cccc(F)c1. The summed E-state index contributed by atoms with van der Waals surface area (Å²) in [7, 11) is 0. The molecule has 0 bridgehead atoms. The summed E-state index contributed by atoms with van der Waals surface area (Å²) >= 11 is 0. The lowest BCUT2D eigenvalue weighted by molar-refractivity contribution is 0.180. The standard InChI is InChI=1S/C11H11FO/c1-2-4-11(13)8-9-5-3-6-10(12)7-9/h1,3,5-7,11,13H,4,8H2. The summed E-state index contributed by atoms with van der Waals surface area (Å²) < 4.78 is 12.7. The van der Waals surface area contributed by atoms with E-state index in [-0.39, 0.29) is 5.82 Å². The van der Waals surface area contributed by atoms with Gasteiger partial charge in [0.2, 0.25) is 0 Å². The van der Waals surface area contributed by atoms with Crippen LogP contribution in [0.5, 0.6) is 0 Å². The number of rotatable bonds is 3. The molecular formula is C11H11FO. The molecule has 0 radical (unpaired) electrons. The zero-order chi connectivity index (χ0) is 9.68. The molecule has 1 nitrogen and oxygen atoms in total. The van der Waals surface area contributed by atoms with Gasteiger partial charge in [0.25, 0.3) is 0 Å². The Morgan fingerprint density at radius 1 is 1.54 bits per heavy atom. The fourth-order valence-electron chi connectivity index (χ4n) is 1.14. The Morgan fingerprint density at radius 3 is 2.92 bits per heavy atom. The van der Waals surface area contributed by atoms with Crippen LogP contribution in [0.1, 0.15) is 12.0 Å². The van der Waals surface area contributed by atoms with Gasteiger partial charge >= 0.3 is 0 Å². The van der Waals surface area contributed by atoms with Crippen molar-refractivity contribution in [1.82, 2.24) is 0 Å². The molecule has 0 saturated carbocycles. The predicted octanol–water partition coefficient (Wildman–Crippen LogP) is 1.75. The zero-order valence-electron chi connectivity index (χ0n) is 7.20. The van der Waals surface area contributed by atoms with Gasteiger partial charge in [0, 0.05) is 6.42 Å². The fourth-order valence-corrected chi connectivity index (χ4v) is 1.14. The number of halogens is 1. The van der Waals surface area contributed by atoms with E-state index >= 15 is 0 Å². The van der Waals surface area contributed by atoms with Crippen LogP contribution >= 0.6 is 0 Å². The lowest BCUT2D eigenvalue weighted by Gasteiger charge is -2.06. The lowest BCUT2D eigenvalue weighted by Crippen LogP contribution is -2.09. The average molecular weight is 178 g/mol. The Labute approximate surface area is 77.2 Å². The third kappa shape index (κ3) is 3.27. The molecule has 1 aromatic rings. The van der Waals surface area contributed by atoms with Crippen LogP contribution in [0.15, 0.2) is 24.3 Å². The molecule has 1 unspecified atom stereocenters. The summed E-state index contributed by atoms with van der Waals surface area (Å²) in [5.41, 5.74) is 0.766. The van der Waals surface area contributed by atoms with Crippen LogP contribution in [0.4, 0.5) is 4.39 Å². The summed E-state index contributed by atoms with van der Waals surface area (Å²) in [5, 5.41) is 9.33. The van der Waals surface area contributed by atoms with Crippen molar-refractivity contribution in [3.8, 4) is 12.3 Å². The van der Waals surface area contributed by atoms with E-state index in [1.165, 1.54) is 12.1 Å². The molecule has 0 amide bonds. The van der Waals surface area contributed by atoms with E-state index in [1.807, 2.05) is 0 Å². The average Bonchev–Trinajstić information content (AvgIpc) is 2.04. The van der Waals surface area contributed by atoms with E-state index in [0.717, 1.165) is 5.56 Å². The molecule has 1 rings (SSSR count). The third-order valence-electron chi connectivity index (χ3n) is 1.71. The molecule has 1 aromatic carbocycles. The van der Waals surface area contributed by atoms with Crippen molar-refractivity contribution in [2.24, 2.45) is 0 Å². The van der Waals surface area contributed by atoms with Gasteiger partial charge in [0.15, 0.2) is 0 Å². The summed E-state index contributed by atoms with van der Waals surface area (Å²) in [5.74, 6) is 2.07. The highest BCUT2D eigenvalue weighted by Gasteiger charge is 2.03. The van der Waals surface area contributed by atoms with Crippen molar-refractivity contribution in [3.63, 3.8) is 0 Å². The van der Waals surface area contributed by atoms with Crippen molar-refractivity contribution >= 4 is 0 Å². The van der Waals surface area contributed by atoms with Crippen LogP contribution in [0.2, 0.25) is 0 Å². The summed E-state index contributed by atoms with van der Waals surface area (Å²) in [4.78, 5) is 0. The van der Waals surface area contributed by atoms with E-state index in [9.17, 15) is 9.50 Å². The number of aliphatic hydroxyl groups is 1. The summed E-state index contributed by atoms with van der Waals surface area (Å²) in [6.07, 6.45) is 5.16. The summed E-state index contributed by atoms with van der Waals surface area (Å²) in [6.45, 7) is 0. The van der Waals surface area contributed by atoms with Gasteiger partial charge in [0.05, 0.1) is 6.10 Å². The van der Waals surface area contributed by atoms with Crippen LogP contribution < -0.4 is 0 Å². The molecule has 0 fully saturated rings. The third-order valence-corrected chi connectivity index (χ3v) is 1.71. The van der Waals surface area contributed by atoms with Gasteiger partial charge in [-0.1, -0.05) is 12.1 Å². The molecule has 2 heteroatoms. The number of benzene rings is 1. The van der Waals surface area contributed by atoms with E-state index in [2.05, 4.69) is 5.92 Å². The molecule has 1 atom stereocenters. The zero-order valence-corrected chi connectivity index (χ0v) is 7.20. The van der Waals surface area contributed by atoms with Crippen molar-refractivity contribution < 1.29 is 9.50 Å². The van der Waals surface area contributed by atoms with Crippen LogP contribution in [0.25, 0.3) is 0 Å². The predicted molar refractivity (Wildman–Crippen MR) is 49.6 cm³/mol. The maximum atomic E-state index is 12.7. The first kappa shape index (κ1) is 9.76. The van der Waals surface area contributed by atoms with Crippen LogP contribution in [0.3, 0.4) is 0 Å². The minimum atomic E-state index is -0.577. The molecule has 0 aromatic heterocycles. The molecule has 0 aliphatic rings. The molecule has 1 N–H and O–H groups in total. The maximum Gasteiger partial charge on any atom is 0.123 e. The second-order valence-electron chi connectivity index (χ2n) is 2.90. The lowest BCUT2D eigenvalue weighted by atomic mass is 10.1. The molecule has 0 spiro atoms. The second kappa shape index (κ2) is 4.64. The molecule has 0 aliphatic carbocycles. The van der Waals surface area contributed by atoms with Gasteiger partial charge < -0.3 is 5.11 Å². The molecule has 0 aliphatic heterocycles. The molecule has 0 saturated heterocycles. The van der Waals surface area contributed by atoms with Gasteiger partial charge in [-0.05, 0) is 24.1 Å². The normalized spacial score (nSPS) is 12.1. The van der Waals surface area contributed by atoms with Crippen molar-refractivity contribution in [2.75, 3.05) is 0 Å². The minimum Gasteiger partial charge on any atom is -0.392 e. The molecule has 13 heavy (non-hydrogen) atoms. The number of hydrogen-bond acceptors (Lipinski definition) is 1. The van der Waals surface area contributed by atoms with E-state index in [4.69, 9.17) is 6.42 Å². The monoisotopic (exact) mass is 178 g/mol. The summed E-state index contributed by atoms with van der Waals surface area (Å²) in [6, 6.07) is 6.16. The van der Waals surface area contributed by atoms with Gasteiger partial charge in [-0.15, -0.1) is 12.3 Å². The highest BCUT2D eigenvalue weighted by molar-refractivity contribution is 5.17. The van der Waals surface area contributed by atoms with E-state index in [1.54, 1.807) is 12.1 Å². The van der Waals surface area contributed by atoms with Crippen molar-refractivity contribution in [1.29, 1.82) is 0 Å². The largest absolute Gasteiger partial charge is 0.392 e. The van der Waals surface area contributed by atoms with Gasteiger partial charge in [-0.3, -0.25) is 0 Å². The van der Waals surface area contributed by atoms with Crippen LogP contribution in [0, 0.1) is 18.2 Å². The Hall–Kier alpha value is -1.33. The first-order chi connectivity index (χ1) is 6.22. The Kier molecular flexibility index (Phi) is 3.48. The maximum absolute atomic E-state index is 12.7. The Balaban J connectivity index is 2.59. The smallest absolute Gasteiger partial charge is 0.123 e. The van der Waals surface area contributed by atoms with Gasteiger partial charge in [-0.25, -0.2) is 4.39 Å². The minimum absolute atomic E-state index is 0.287. The fraction of sp³-hybridized carbons (Fsp3) is 0.273. The first-order valence-corrected chi connectivity index (χ1v) is 4.08. The van der Waals surface area contributed by atoms with Crippen LogP contribution in [-0.2, 0) is 6.42 Å². The van der Waals surface area contributed by atoms with Crippen molar-refractivity contribution in [2.45, 2.75) is 18.9 Å². The van der Waals surface area contributed by atoms with E-state index < -0.39 is 6.10 Å². The number of aliphatic hydroxyl groups excluding tert-OH is 1. The van der Waals surface area contributed by atoms with Crippen LogP contribution in [-0.4, -0.2) is 11.2 Å². The van der Waals surface area contributed by atoms with E-state index in [0.29, 0.717) is 12.8 Å². The first-order valence-electron chi connectivity index (χ1n) is 4.08. The van der Waals surface area contributed by atoms with Gasteiger partial charge in [-0.2, -0.15) is 0 Å². The number of terminal acetylenes is 1. The molecule has 68 valence electrons. The Morgan fingerprint density at radius 2 is 2.31 bits per heavy atom. The topological polar surface area (TPSA) is 20.2 Å². The quantitative estimate of drug-likeness (QED) is 0.699. The van der Waals surface area contributed by atoms with Crippen molar-refractivity contribution in [3.05, 3.63) is 35.6 Å². The number of hydrogen-bond donors (Lipinski definition) is 1.